The molecule has 0 aliphatic heterocycles. The van der Waals surface area contributed by atoms with Gasteiger partial charge in [0.05, 0.1) is 0 Å². The normalized spacial score (nSPS) is 0. The van der Waals surface area contributed by atoms with E-state index in [1.807, 2.05) is 0 Å². The second kappa shape index (κ2) is 33.9. The Kier molecular flexibility index (Phi) is 264. The Morgan fingerprint density at radius 2 is 0.500 bits per heavy atom. The molecular formula is Ag4AuSn. The smallest absolute Gasteiger partial charge is 0 e. The standard InChI is InChI=1S/4Ag.Au.Sn. The Morgan fingerprint density at radius 3 is 0.500 bits per heavy atom. The molecule has 6 heteroatoms. The van der Waals surface area contributed by atoms with Crippen molar-refractivity contribution in [1.82, 2.24) is 0 Å². The van der Waals surface area contributed by atoms with E-state index in [1.54, 1.807) is 0 Å². The van der Waals surface area contributed by atoms with Crippen LogP contribution in [0.2, 0.25) is 0 Å². The van der Waals surface area contributed by atoms with Gasteiger partial charge in [0.1, 0.15) is 0 Å². The summed E-state index contributed by atoms with van der Waals surface area (Å²) in [5.74, 6) is 0. The van der Waals surface area contributed by atoms with Crippen LogP contribution in [0.1, 0.15) is 0 Å². The minimum Gasteiger partial charge on any atom is 0 e. The van der Waals surface area contributed by atoms with Crippen molar-refractivity contribution >= 4 is 23.9 Å². The third-order valence-corrected chi connectivity index (χ3v) is 0. The van der Waals surface area contributed by atoms with Gasteiger partial charge < -0.3 is 0 Å². The summed E-state index contributed by atoms with van der Waals surface area (Å²) in [5.41, 5.74) is 0. The molecule has 6 heavy (non-hydrogen) atoms. The molecule has 0 aromatic heterocycles. The first-order valence-electron chi connectivity index (χ1n) is 0. The van der Waals surface area contributed by atoms with Crippen LogP contribution in [0.3, 0.4) is 0 Å². The van der Waals surface area contributed by atoms with Gasteiger partial charge >= 0.3 is 0 Å². The second-order valence-corrected chi connectivity index (χ2v) is 0. The van der Waals surface area contributed by atoms with Crippen LogP contribution in [0.25, 0.3) is 0 Å². The van der Waals surface area contributed by atoms with Crippen molar-refractivity contribution in [2.75, 3.05) is 0 Å². The first kappa shape index (κ1) is 46.8. The minimum absolute atomic E-state index is 0. The zero-order valence-electron chi connectivity index (χ0n) is 2.01. The van der Waals surface area contributed by atoms with Crippen LogP contribution in [0, 0.1) is 0 Å². The van der Waals surface area contributed by atoms with E-state index in [-0.39, 0.29) is 136 Å². The molecule has 0 aromatic rings. The summed E-state index contributed by atoms with van der Waals surface area (Å²) in [7, 11) is 0. The summed E-state index contributed by atoms with van der Waals surface area (Å²) < 4.78 is 0. The van der Waals surface area contributed by atoms with Crippen molar-refractivity contribution in [2.45, 2.75) is 0 Å². The average molecular weight is 747 g/mol. The van der Waals surface area contributed by atoms with Gasteiger partial charge in [-0.3, -0.25) is 0 Å². The van der Waals surface area contributed by atoms with Crippen LogP contribution < -0.4 is 0 Å². The molecule has 0 aliphatic rings. The van der Waals surface area contributed by atoms with E-state index in [1.165, 1.54) is 0 Å². The fourth-order valence-electron chi connectivity index (χ4n) is 0. The SMILES string of the molecule is [Ag].[Ag].[Ag].[Ag].[Au].[Sn]. The number of hydrogen-bond acceptors (Lipinski definition) is 0. The Morgan fingerprint density at radius 1 is 0.500 bits per heavy atom. The molecule has 0 saturated heterocycles. The van der Waals surface area contributed by atoms with Gasteiger partial charge in [0.2, 0.25) is 0 Å². The second-order valence-electron chi connectivity index (χ2n) is 0. The Balaban J connectivity index is 0. The largest absolute Gasteiger partial charge is 0 e. The summed E-state index contributed by atoms with van der Waals surface area (Å²) >= 11 is 0. The van der Waals surface area contributed by atoms with Crippen LogP contribution in [0.5, 0.6) is 0 Å². The molecular weight excluding hydrogens is 747 g/mol. The van der Waals surface area contributed by atoms with Crippen LogP contribution in [-0.4, -0.2) is 23.9 Å². The molecule has 0 aromatic carbocycles. The minimum atomic E-state index is 0. The van der Waals surface area contributed by atoms with E-state index < -0.39 is 0 Å². The Hall–Kier alpha value is 4.50. The predicted molar refractivity (Wildman–Crippen MR) is 5.75 cm³/mol. The summed E-state index contributed by atoms with van der Waals surface area (Å²) in [5, 5.41) is 0. The van der Waals surface area contributed by atoms with E-state index in [9.17, 15) is 0 Å². The van der Waals surface area contributed by atoms with E-state index in [0.717, 1.165) is 0 Å². The van der Waals surface area contributed by atoms with Crippen molar-refractivity contribution in [2.24, 2.45) is 0 Å². The topological polar surface area (TPSA) is 0 Å². The molecule has 0 fully saturated rings. The van der Waals surface area contributed by atoms with Crippen molar-refractivity contribution in [3.05, 3.63) is 0 Å². The van der Waals surface area contributed by atoms with Gasteiger partial charge in [-0.1, -0.05) is 0 Å². The van der Waals surface area contributed by atoms with Gasteiger partial charge in [0.15, 0.2) is 0 Å². The van der Waals surface area contributed by atoms with Crippen LogP contribution >= 0.6 is 0 Å². The van der Waals surface area contributed by atoms with Gasteiger partial charge in [-0.2, -0.15) is 0 Å². The monoisotopic (exact) mass is 744 g/mol. The predicted octanol–water partition coefficient (Wildman–Crippen LogP) is -0.393. The molecule has 9 radical (unpaired) electrons. The van der Waals surface area contributed by atoms with Gasteiger partial charge in [0.25, 0.3) is 0 Å². The van der Waals surface area contributed by atoms with Crippen LogP contribution in [0.15, 0.2) is 0 Å². The third-order valence-electron chi connectivity index (χ3n) is 0. The molecule has 0 bridgehead atoms. The molecule has 0 heterocycles. The molecule has 0 saturated carbocycles. The number of rotatable bonds is 0. The molecule has 0 N–H and O–H groups in total. The summed E-state index contributed by atoms with van der Waals surface area (Å²) in [6.45, 7) is 0. The zero-order chi connectivity index (χ0) is 0. The molecule has 0 rings (SSSR count). The average Bonchev–Trinajstić information content (AvgIpc) is 0. The van der Waals surface area contributed by atoms with Crippen LogP contribution in [0.4, 0.5) is 0 Å². The van der Waals surface area contributed by atoms with Crippen LogP contribution in [-0.2, 0) is 112 Å². The fourth-order valence-corrected chi connectivity index (χ4v) is 0. The van der Waals surface area contributed by atoms with Crippen molar-refractivity contribution in [3.63, 3.8) is 0 Å². The quantitative estimate of drug-likeness (QED) is 0.297. The third kappa shape index (κ3) is 23.6. The van der Waals surface area contributed by atoms with E-state index >= 15 is 0 Å². The molecule has 0 nitrogen and oxygen atoms in total. The summed E-state index contributed by atoms with van der Waals surface area (Å²) in [6, 6.07) is 0. The maximum absolute atomic E-state index is 0. The molecule has 0 atom stereocenters. The fraction of sp³-hybridized carbons (Fsp3) is 0. The maximum atomic E-state index is 0. The van der Waals surface area contributed by atoms with E-state index in [2.05, 4.69) is 0 Å². The van der Waals surface area contributed by atoms with E-state index in [4.69, 9.17) is 0 Å². The summed E-state index contributed by atoms with van der Waals surface area (Å²) in [6.07, 6.45) is 0. The molecule has 0 aliphatic carbocycles. The first-order chi connectivity index (χ1) is 0. The molecule has 0 spiro atoms. The van der Waals surface area contributed by atoms with Gasteiger partial charge in [0, 0.05) is 136 Å². The van der Waals surface area contributed by atoms with Gasteiger partial charge in [-0.15, -0.1) is 0 Å². The van der Waals surface area contributed by atoms with Crippen molar-refractivity contribution < 1.29 is 112 Å². The molecule has 59 valence electrons. The van der Waals surface area contributed by atoms with Crippen molar-refractivity contribution in [1.29, 1.82) is 0 Å². The maximum Gasteiger partial charge on any atom is 0 e. The van der Waals surface area contributed by atoms with Gasteiger partial charge in [-0.05, 0) is 0 Å². The Bertz CT molecular complexity index is 7.51. The first-order valence-corrected chi connectivity index (χ1v) is 0. The number of hydrogen-bond donors (Lipinski definition) is 0. The molecule has 0 amide bonds. The zero-order valence-corrected chi connectivity index (χ0v) is 13.0. The van der Waals surface area contributed by atoms with Gasteiger partial charge in [-0.25, -0.2) is 0 Å². The molecule has 0 unspecified atom stereocenters. The Labute approximate surface area is 133 Å². The summed E-state index contributed by atoms with van der Waals surface area (Å²) in [4.78, 5) is 0. The van der Waals surface area contributed by atoms with Crippen molar-refractivity contribution in [3.8, 4) is 0 Å². The van der Waals surface area contributed by atoms with E-state index in [0.29, 0.717) is 0 Å².